The van der Waals surface area contributed by atoms with Gasteiger partial charge in [-0.3, -0.25) is 0 Å². The fourth-order valence-electron chi connectivity index (χ4n) is 6.03. The molecule has 0 unspecified atom stereocenters. The maximum atomic E-state index is 13.6. The second-order valence-electron chi connectivity index (χ2n) is 12.7. The van der Waals surface area contributed by atoms with Crippen molar-refractivity contribution in [2.24, 2.45) is 0 Å². The molecule has 0 aromatic rings. The summed E-state index contributed by atoms with van der Waals surface area (Å²) in [5.41, 5.74) is 1.33. The molecule has 1 heterocycles. The first-order valence-corrected chi connectivity index (χ1v) is 24.6. The van der Waals surface area contributed by atoms with Gasteiger partial charge in [0.05, 0.1) is 0 Å². The normalized spacial score (nSPS) is 15.2. The number of carbonyl (C=O) groups is 2. The van der Waals surface area contributed by atoms with E-state index in [4.69, 9.17) is 6.15 Å². The van der Waals surface area contributed by atoms with E-state index in [2.05, 4.69) is 27.7 Å². The van der Waals surface area contributed by atoms with Crippen LogP contribution in [0.2, 0.25) is 8.87 Å². The molecule has 5 heteroatoms. The van der Waals surface area contributed by atoms with Crippen LogP contribution in [-0.2, 0) is 15.7 Å². The van der Waals surface area contributed by atoms with Gasteiger partial charge in [0.25, 0.3) is 0 Å². The second kappa shape index (κ2) is 25.9. The number of unbranched alkanes of at least 4 members (excludes halogenated alkanes) is 20. The molecule has 0 aromatic heterocycles. The van der Waals surface area contributed by atoms with E-state index in [1.54, 1.807) is 0 Å². The third kappa shape index (κ3) is 18.0. The Morgan fingerprint density at radius 3 is 0.951 bits per heavy atom. The number of carbonyl (C=O) groups excluding carboxylic acids is 2. The molecule has 0 N–H and O–H groups in total. The molecular formula is C36H68O4Sn. The minimum atomic E-state index is -3.80. The van der Waals surface area contributed by atoms with Crippen molar-refractivity contribution in [3.8, 4) is 0 Å². The summed E-state index contributed by atoms with van der Waals surface area (Å²) in [6.07, 6.45) is 30.6. The molecule has 0 spiro atoms. The van der Waals surface area contributed by atoms with Crippen LogP contribution >= 0.6 is 0 Å². The molecule has 240 valence electrons. The predicted molar refractivity (Wildman–Crippen MR) is 177 cm³/mol. The molecule has 0 amide bonds. The van der Waals surface area contributed by atoms with E-state index >= 15 is 0 Å². The number of hydrogen-bond donors (Lipinski definition) is 0. The first-order chi connectivity index (χ1) is 20.0. The van der Waals surface area contributed by atoms with Crippen LogP contribution in [0, 0.1) is 0 Å². The van der Waals surface area contributed by atoms with Crippen LogP contribution in [0.4, 0.5) is 0 Å². The minimum absolute atomic E-state index is 0.197. The molecule has 1 rings (SSSR count). The zero-order chi connectivity index (χ0) is 30.0. The van der Waals surface area contributed by atoms with Crippen molar-refractivity contribution in [1.82, 2.24) is 0 Å². The third-order valence-electron chi connectivity index (χ3n) is 8.80. The van der Waals surface area contributed by atoms with Gasteiger partial charge in [0, 0.05) is 0 Å². The molecule has 1 aliphatic rings. The maximum absolute atomic E-state index is 13.6. The van der Waals surface area contributed by atoms with Gasteiger partial charge in [-0.05, 0) is 0 Å². The Hall–Kier alpha value is -0.521. The van der Waals surface area contributed by atoms with Gasteiger partial charge in [-0.1, -0.05) is 39.5 Å². The Kier molecular flexibility index (Phi) is 24.4. The van der Waals surface area contributed by atoms with E-state index in [1.165, 1.54) is 103 Å². The van der Waals surface area contributed by atoms with Crippen LogP contribution in [0.25, 0.3) is 0 Å². The van der Waals surface area contributed by atoms with E-state index in [-0.39, 0.29) is 11.9 Å². The second-order valence-corrected chi connectivity index (χ2v) is 21.9. The Bertz CT molecular complexity index is 644. The van der Waals surface area contributed by atoms with Gasteiger partial charge < -0.3 is 0 Å². The molecule has 0 aromatic carbocycles. The quantitative estimate of drug-likeness (QED) is 0.0608. The fourth-order valence-corrected chi connectivity index (χ4v) is 15.8. The molecule has 0 saturated carbocycles. The Labute approximate surface area is 260 Å². The Morgan fingerprint density at radius 1 is 0.390 bits per heavy atom. The van der Waals surface area contributed by atoms with Gasteiger partial charge in [0.2, 0.25) is 0 Å². The Balaban J connectivity index is 2.72. The zero-order valence-corrected chi connectivity index (χ0v) is 30.8. The van der Waals surface area contributed by atoms with E-state index in [9.17, 15) is 9.59 Å². The van der Waals surface area contributed by atoms with Gasteiger partial charge in [-0.15, -0.1) is 0 Å². The SMILES string of the molecule is CCCCCCCCCCCCC1=C(CCCCCCCCCCCC)C(=O)[O][Sn]([CH2]CCC)([CH2]CCC)[O]C1=O. The van der Waals surface area contributed by atoms with Crippen LogP contribution in [-0.4, -0.2) is 31.1 Å². The fraction of sp³-hybridized carbons (Fsp3) is 0.889. The van der Waals surface area contributed by atoms with Crippen molar-refractivity contribution in [2.75, 3.05) is 0 Å². The van der Waals surface area contributed by atoms with Crippen molar-refractivity contribution in [2.45, 2.75) is 204 Å². The molecule has 0 radical (unpaired) electrons. The molecule has 41 heavy (non-hydrogen) atoms. The van der Waals surface area contributed by atoms with E-state index in [0.29, 0.717) is 24.0 Å². The molecular weight excluding hydrogens is 615 g/mol. The van der Waals surface area contributed by atoms with Crippen LogP contribution in [0.3, 0.4) is 0 Å². The average molecular weight is 684 g/mol. The standard InChI is InChI=1S/C28H52O4.2C4H9.Sn/c1-3-5-7-9-11-13-15-17-19-21-23-25(27(29)30)26(28(31)32)24-22-20-18-16-14-12-10-8-6-4-2;2*1-3-4-2;/h3-24H2,1-2H3,(H,29,30)(H,31,32);2*1,3-4H2,2H3;/q;;;+2/p-2. The monoisotopic (exact) mass is 684 g/mol. The molecule has 1 aliphatic heterocycles. The summed E-state index contributed by atoms with van der Waals surface area (Å²) in [7, 11) is 0. The summed E-state index contributed by atoms with van der Waals surface area (Å²) >= 11 is -3.80. The van der Waals surface area contributed by atoms with E-state index in [1.807, 2.05) is 0 Å². The Morgan fingerprint density at radius 2 is 0.659 bits per heavy atom. The molecule has 0 bridgehead atoms. The first-order valence-electron chi connectivity index (χ1n) is 18.2. The topological polar surface area (TPSA) is 52.6 Å². The van der Waals surface area contributed by atoms with Crippen LogP contribution in [0.1, 0.15) is 195 Å². The predicted octanol–water partition coefficient (Wildman–Crippen LogP) is 12.0. The van der Waals surface area contributed by atoms with Gasteiger partial charge in [-0.2, -0.15) is 0 Å². The van der Waals surface area contributed by atoms with Crippen LogP contribution in [0.15, 0.2) is 11.1 Å². The van der Waals surface area contributed by atoms with Gasteiger partial charge >= 0.3 is 222 Å². The summed E-state index contributed by atoms with van der Waals surface area (Å²) < 4.78 is 14.3. The van der Waals surface area contributed by atoms with Crippen molar-refractivity contribution in [1.29, 1.82) is 0 Å². The van der Waals surface area contributed by atoms with Crippen molar-refractivity contribution < 1.29 is 15.7 Å². The molecule has 0 aliphatic carbocycles. The van der Waals surface area contributed by atoms with Crippen LogP contribution < -0.4 is 0 Å². The molecule has 4 nitrogen and oxygen atoms in total. The summed E-state index contributed by atoms with van der Waals surface area (Å²) in [6, 6.07) is 0. The van der Waals surface area contributed by atoms with Gasteiger partial charge in [-0.25, -0.2) is 0 Å². The van der Waals surface area contributed by atoms with Gasteiger partial charge in [0.1, 0.15) is 0 Å². The van der Waals surface area contributed by atoms with Gasteiger partial charge in [0.15, 0.2) is 0 Å². The zero-order valence-electron chi connectivity index (χ0n) is 27.9. The molecule has 0 fully saturated rings. The molecule has 0 saturated heterocycles. The molecule has 0 atom stereocenters. The van der Waals surface area contributed by atoms with Crippen molar-refractivity contribution in [3.63, 3.8) is 0 Å². The first kappa shape index (κ1) is 38.5. The number of hydrogen-bond acceptors (Lipinski definition) is 4. The van der Waals surface area contributed by atoms with E-state index in [0.717, 1.165) is 60.2 Å². The summed E-state index contributed by atoms with van der Waals surface area (Å²) in [5, 5.41) is 0. The summed E-state index contributed by atoms with van der Waals surface area (Å²) in [6.45, 7) is 8.85. The summed E-state index contributed by atoms with van der Waals surface area (Å²) in [5.74, 6) is -0.395. The summed E-state index contributed by atoms with van der Waals surface area (Å²) in [4.78, 5) is 27.3. The van der Waals surface area contributed by atoms with Crippen LogP contribution in [0.5, 0.6) is 0 Å². The van der Waals surface area contributed by atoms with E-state index < -0.39 is 19.2 Å². The third-order valence-corrected chi connectivity index (χ3v) is 18.3. The number of rotatable bonds is 28. The van der Waals surface area contributed by atoms with Crippen molar-refractivity contribution in [3.05, 3.63) is 11.1 Å². The van der Waals surface area contributed by atoms with Crippen molar-refractivity contribution >= 4 is 31.1 Å². The average Bonchev–Trinajstić information content (AvgIpc) is 3.06.